The van der Waals surface area contributed by atoms with Crippen LogP contribution in [-0.2, 0) is 0 Å². The van der Waals surface area contributed by atoms with E-state index in [2.05, 4.69) is 89.0 Å². The number of likely N-dealkylation sites (N-methyl/N-ethyl adjacent to an activating group) is 2. The zero-order valence-corrected chi connectivity index (χ0v) is 19.9. The lowest BCUT2D eigenvalue weighted by atomic mass is 10.1. The minimum Gasteiger partial charge on any atom is -0.494 e. The van der Waals surface area contributed by atoms with E-state index in [0.717, 1.165) is 58.3 Å². The van der Waals surface area contributed by atoms with Crippen molar-refractivity contribution in [1.29, 1.82) is 0 Å². The number of para-hydroxylation sites is 1. The van der Waals surface area contributed by atoms with Gasteiger partial charge in [0.25, 0.3) is 0 Å². The van der Waals surface area contributed by atoms with Crippen LogP contribution in [-0.4, -0.2) is 56.4 Å². The van der Waals surface area contributed by atoms with Gasteiger partial charge in [0, 0.05) is 48.7 Å². The Morgan fingerprint density at radius 2 is 1.70 bits per heavy atom. The van der Waals surface area contributed by atoms with Crippen molar-refractivity contribution >= 4 is 39.5 Å². The zero-order chi connectivity index (χ0) is 23.4. The molecule has 1 aromatic heterocycles. The van der Waals surface area contributed by atoms with Crippen LogP contribution < -0.4 is 20.3 Å². The first-order chi connectivity index (χ1) is 15.9. The van der Waals surface area contributed by atoms with Crippen LogP contribution in [0.3, 0.4) is 0 Å². The fraction of sp³-hybridized carbons (Fsp3) is 0.269. The number of anilines is 5. The molecule has 7 nitrogen and oxygen atoms in total. The van der Waals surface area contributed by atoms with Crippen LogP contribution in [0.1, 0.15) is 5.56 Å². The molecule has 172 valence electrons. The monoisotopic (exact) mass is 444 g/mol. The van der Waals surface area contributed by atoms with Crippen LogP contribution in [0.4, 0.5) is 28.6 Å². The van der Waals surface area contributed by atoms with Gasteiger partial charge in [-0.1, -0.05) is 18.2 Å². The Labute approximate surface area is 195 Å². The highest BCUT2D eigenvalue weighted by Gasteiger charge is 2.14. The van der Waals surface area contributed by atoms with Gasteiger partial charge in [0.05, 0.1) is 18.3 Å². The SMILES string of the molecule is COc1cc(N(C)CCN(C)C)c(C)cc1Nc1n[nH]c2cc(Nc3ccccc3)ccc12. The van der Waals surface area contributed by atoms with Gasteiger partial charge in [0.1, 0.15) is 5.75 Å². The molecule has 4 rings (SSSR count). The molecule has 0 amide bonds. The summed E-state index contributed by atoms with van der Waals surface area (Å²) < 4.78 is 5.72. The van der Waals surface area contributed by atoms with Crippen molar-refractivity contribution in [1.82, 2.24) is 15.1 Å². The summed E-state index contributed by atoms with van der Waals surface area (Å²) in [5.74, 6) is 1.55. The van der Waals surface area contributed by atoms with Crippen LogP contribution in [0, 0.1) is 6.92 Å². The smallest absolute Gasteiger partial charge is 0.160 e. The lowest BCUT2D eigenvalue weighted by Crippen LogP contribution is -2.28. The molecule has 0 unspecified atom stereocenters. The fourth-order valence-corrected chi connectivity index (χ4v) is 3.83. The zero-order valence-electron chi connectivity index (χ0n) is 19.9. The van der Waals surface area contributed by atoms with E-state index >= 15 is 0 Å². The molecule has 0 aliphatic heterocycles. The highest BCUT2D eigenvalue weighted by molar-refractivity contribution is 5.94. The van der Waals surface area contributed by atoms with Crippen molar-refractivity contribution in [2.45, 2.75) is 6.92 Å². The number of methoxy groups -OCH3 is 1. The molecule has 0 fully saturated rings. The van der Waals surface area contributed by atoms with Crippen molar-refractivity contribution in [3.8, 4) is 5.75 Å². The molecular weight excluding hydrogens is 412 g/mol. The van der Waals surface area contributed by atoms with E-state index in [9.17, 15) is 0 Å². The number of ether oxygens (including phenoxy) is 1. The van der Waals surface area contributed by atoms with Gasteiger partial charge < -0.3 is 25.2 Å². The molecule has 0 atom stereocenters. The number of aromatic amines is 1. The molecule has 0 saturated carbocycles. The Hall–Kier alpha value is -3.71. The maximum Gasteiger partial charge on any atom is 0.160 e. The lowest BCUT2D eigenvalue weighted by Gasteiger charge is -2.25. The highest BCUT2D eigenvalue weighted by Crippen LogP contribution is 2.36. The molecule has 0 aliphatic carbocycles. The number of fused-ring (bicyclic) bond motifs is 1. The molecule has 4 aromatic rings. The number of benzene rings is 3. The molecule has 3 N–H and O–H groups in total. The van der Waals surface area contributed by atoms with Gasteiger partial charge in [-0.25, -0.2) is 0 Å². The van der Waals surface area contributed by atoms with E-state index in [-0.39, 0.29) is 0 Å². The summed E-state index contributed by atoms with van der Waals surface area (Å²) in [5, 5.41) is 15.5. The third-order valence-electron chi connectivity index (χ3n) is 5.69. The second-order valence-electron chi connectivity index (χ2n) is 8.51. The van der Waals surface area contributed by atoms with E-state index in [1.54, 1.807) is 7.11 Å². The number of H-pyrrole nitrogens is 1. The predicted octanol–water partition coefficient (Wildman–Crippen LogP) is 5.36. The minimum absolute atomic E-state index is 0.766. The third kappa shape index (κ3) is 5.21. The number of hydrogen-bond donors (Lipinski definition) is 3. The third-order valence-corrected chi connectivity index (χ3v) is 5.69. The predicted molar refractivity (Wildman–Crippen MR) is 139 cm³/mol. The molecule has 0 bridgehead atoms. The Balaban J connectivity index is 1.56. The summed E-state index contributed by atoms with van der Waals surface area (Å²) in [4.78, 5) is 4.44. The van der Waals surface area contributed by atoms with Crippen molar-refractivity contribution < 1.29 is 4.74 Å². The maximum atomic E-state index is 5.72. The molecule has 0 spiro atoms. The van der Waals surface area contributed by atoms with Crippen molar-refractivity contribution in [2.75, 3.05) is 56.9 Å². The molecule has 7 heteroatoms. The summed E-state index contributed by atoms with van der Waals surface area (Å²) >= 11 is 0. The molecule has 3 aromatic carbocycles. The van der Waals surface area contributed by atoms with Crippen LogP contribution >= 0.6 is 0 Å². The molecule has 1 heterocycles. The quantitative estimate of drug-likeness (QED) is 0.323. The largest absolute Gasteiger partial charge is 0.494 e. The number of aromatic nitrogens is 2. The number of aryl methyl sites for hydroxylation is 1. The fourth-order valence-electron chi connectivity index (χ4n) is 3.83. The number of nitrogens with zero attached hydrogens (tertiary/aromatic N) is 3. The average molecular weight is 445 g/mol. The Kier molecular flexibility index (Phi) is 6.70. The van der Waals surface area contributed by atoms with Gasteiger partial charge in [-0.15, -0.1) is 0 Å². The van der Waals surface area contributed by atoms with E-state index in [4.69, 9.17) is 4.74 Å². The van der Waals surface area contributed by atoms with Gasteiger partial charge in [-0.3, -0.25) is 5.10 Å². The highest BCUT2D eigenvalue weighted by atomic mass is 16.5. The summed E-state index contributed by atoms with van der Waals surface area (Å²) in [5.41, 5.74) is 6.22. The number of rotatable bonds is 9. The molecular formula is C26H32N6O. The standard InChI is InChI=1S/C26H32N6O/c1-18-15-23(25(33-5)17-24(18)32(4)14-13-31(2)3)28-26-21-12-11-20(16-22(21)29-30-26)27-19-9-7-6-8-10-19/h6-12,15-17,27H,13-14H2,1-5H3,(H2,28,29,30). The van der Waals surface area contributed by atoms with E-state index in [1.165, 1.54) is 5.56 Å². The first kappa shape index (κ1) is 22.5. The van der Waals surface area contributed by atoms with Crippen molar-refractivity contribution in [2.24, 2.45) is 0 Å². The molecule has 0 aliphatic rings. The van der Waals surface area contributed by atoms with Crippen LogP contribution in [0.5, 0.6) is 5.75 Å². The van der Waals surface area contributed by atoms with Gasteiger partial charge >= 0.3 is 0 Å². The summed E-state index contributed by atoms with van der Waals surface area (Å²) in [6.07, 6.45) is 0. The first-order valence-corrected chi connectivity index (χ1v) is 11.1. The van der Waals surface area contributed by atoms with Crippen LogP contribution in [0.25, 0.3) is 10.9 Å². The molecule has 33 heavy (non-hydrogen) atoms. The van der Waals surface area contributed by atoms with E-state index in [1.807, 2.05) is 30.3 Å². The lowest BCUT2D eigenvalue weighted by molar-refractivity contribution is 0.413. The van der Waals surface area contributed by atoms with Gasteiger partial charge in [0.2, 0.25) is 0 Å². The van der Waals surface area contributed by atoms with E-state index in [0.29, 0.717) is 0 Å². The number of nitrogens with one attached hydrogen (secondary N) is 3. The average Bonchev–Trinajstić information content (AvgIpc) is 3.20. The second-order valence-corrected chi connectivity index (χ2v) is 8.51. The van der Waals surface area contributed by atoms with Crippen molar-refractivity contribution in [3.05, 3.63) is 66.2 Å². The Bertz CT molecular complexity index is 1220. The Morgan fingerprint density at radius 1 is 0.909 bits per heavy atom. The maximum absolute atomic E-state index is 5.72. The molecule has 0 radical (unpaired) electrons. The first-order valence-electron chi connectivity index (χ1n) is 11.1. The van der Waals surface area contributed by atoms with Gasteiger partial charge in [-0.05, 0) is 63.0 Å². The minimum atomic E-state index is 0.766. The Morgan fingerprint density at radius 3 is 2.42 bits per heavy atom. The van der Waals surface area contributed by atoms with Crippen molar-refractivity contribution in [3.63, 3.8) is 0 Å². The van der Waals surface area contributed by atoms with Gasteiger partial charge in [-0.2, -0.15) is 5.10 Å². The summed E-state index contributed by atoms with van der Waals surface area (Å²) in [7, 11) is 7.98. The number of hydrogen-bond acceptors (Lipinski definition) is 6. The second kappa shape index (κ2) is 9.83. The van der Waals surface area contributed by atoms with Crippen LogP contribution in [0.15, 0.2) is 60.7 Å². The molecule has 0 saturated heterocycles. The summed E-state index contributed by atoms with van der Waals surface area (Å²) in [6, 6.07) is 20.5. The topological polar surface area (TPSA) is 68.5 Å². The van der Waals surface area contributed by atoms with E-state index < -0.39 is 0 Å². The van der Waals surface area contributed by atoms with Crippen LogP contribution in [0.2, 0.25) is 0 Å². The van der Waals surface area contributed by atoms with Gasteiger partial charge in [0.15, 0.2) is 5.82 Å². The summed E-state index contributed by atoms with van der Waals surface area (Å²) in [6.45, 7) is 4.04. The normalized spacial score (nSPS) is 11.1.